The molecule has 8 heteroatoms. The van der Waals surface area contributed by atoms with Gasteiger partial charge in [0.25, 0.3) is 0 Å². The predicted molar refractivity (Wildman–Crippen MR) is 119 cm³/mol. The highest BCUT2D eigenvalue weighted by atomic mass is 32.2. The summed E-state index contributed by atoms with van der Waals surface area (Å²) in [6, 6.07) is 12.5. The molecule has 0 N–H and O–H groups in total. The fourth-order valence-electron chi connectivity index (χ4n) is 4.07. The van der Waals surface area contributed by atoms with E-state index in [1.165, 1.54) is 22.9 Å². The number of benzene rings is 1. The number of carbonyl (C=O) groups excluding carboxylic acids is 1. The van der Waals surface area contributed by atoms with E-state index in [2.05, 4.69) is 39.0 Å². The molecule has 0 aliphatic carbocycles. The Morgan fingerprint density at radius 2 is 2.10 bits per heavy atom. The van der Waals surface area contributed by atoms with Gasteiger partial charge in [-0.2, -0.15) is 0 Å². The first-order chi connectivity index (χ1) is 14.8. The van der Waals surface area contributed by atoms with Crippen LogP contribution in [0.3, 0.4) is 0 Å². The van der Waals surface area contributed by atoms with E-state index in [9.17, 15) is 4.79 Å². The van der Waals surface area contributed by atoms with Gasteiger partial charge in [-0.25, -0.2) is 0 Å². The summed E-state index contributed by atoms with van der Waals surface area (Å²) < 4.78 is 7.98. The Bertz CT molecular complexity index is 1010. The van der Waals surface area contributed by atoms with Gasteiger partial charge in [0, 0.05) is 19.7 Å². The number of amides is 1. The smallest absolute Gasteiger partial charge is 0.233 e. The van der Waals surface area contributed by atoms with Crippen molar-refractivity contribution < 1.29 is 9.53 Å². The molecule has 30 heavy (non-hydrogen) atoms. The molecule has 6 nitrogen and oxygen atoms in total. The Labute approximate surface area is 184 Å². The van der Waals surface area contributed by atoms with Gasteiger partial charge >= 0.3 is 0 Å². The quantitative estimate of drug-likeness (QED) is 0.545. The summed E-state index contributed by atoms with van der Waals surface area (Å²) in [6.45, 7) is 3.02. The van der Waals surface area contributed by atoms with E-state index in [1.807, 2.05) is 22.4 Å². The lowest BCUT2D eigenvalue weighted by atomic mass is 10.00. The predicted octanol–water partition coefficient (Wildman–Crippen LogP) is 3.86. The average molecular weight is 441 g/mol. The second-order valence-corrected chi connectivity index (χ2v) is 9.54. The van der Waals surface area contributed by atoms with Gasteiger partial charge in [-0.1, -0.05) is 42.1 Å². The lowest BCUT2D eigenvalue weighted by Gasteiger charge is -2.28. The number of thioether (sulfide) groups is 1. The molecule has 3 aromatic rings. The molecule has 1 amide bonds. The third kappa shape index (κ3) is 4.17. The van der Waals surface area contributed by atoms with Gasteiger partial charge in [0.2, 0.25) is 5.91 Å². The number of nitrogens with zero attached hydrogens (tertiary/aromatic N) is 4. The third-order valence-electron chi connectivity index (χ3n) is 5.68. The van der Waals surface area contributed by atoms with Crippen molar-refractivity contribution in [2.75, 3.05) is 18.9 Å². The fraction of sp³-hybridized carbons (Fsp3) is 0.409. The lowest BCUT2D eigenvalue weighted by molar-refractivity contribution is -0.129. The minimum Gasteiger partial charge on any atom is -0.376 e. The average Bonchev–Trinajstić information content (AvgIpc) is 3.54. The SMILES string of the molecule is O=C(CSc1nnc(-c2cccs2)n1C[C@@H]1CCCO1)N1CCc2ccccc2C1. The van der Waals surface area contributed by atoms with Crippen molar-refractivity contribution in [2.45, 2.75) is 43.6 Å². The summed E-state index contributed by atoms with van der Waals surface area (Å²) >= 11 is 3.13. The molecule has 2 aromatic heterocycles. The highest BCUT2D eigenvalue weighted by Crippen LogP contribution is 2.29. The van der Waals surface area contributed by atoms with Crippen molar-refractivity contribution in [1.82, 2.24) is 19.7 Å². The van der Waals surface area contributed by atoms with Crippen LogP contribution in [-0.2, 0) is 29.0 Å². The van der Waals surface area contributed by atoms with Crippen LogP contribution in [0.25, 0.3) is 10.7 Å². The number of rotatable bonds is 6. The van der Waals surface area contributed by atoms with Crippen molar-refractivity contribution >= 4 is 29.0 Å². The normalized spacial score (nSPS) is 18.5. The Balaban J connectivity index is 1.29. The second kappa shape index (κ2) is 8.91. The van der Waals surface area contributed by atoms with Crippen LogP contribution in [0.5, 0.6) is 0 Å². The minimum absolute atomic E-state index is 0.152. The molecule has 1 atom stereocenters. The highest BCUT2D eigenvalue weighted by molar-refractivity contribution is 7.99. The number of hydrogen-bond acceptors (Lipinski definition) is 6. The molecule has 0 bridgehead atoms. The fourth-order valence-corrected chi connectivity index (χ4v) is 5.63. The zero-order chi connectivity index (χ0) is 20.3. The van der Waals surface area contributed by atoms with Crippen LogP contribution in [0, 0.1) is 0 Å². The van der Waals surface area contributed by atoms with E-state index in [4.69, 9.17) is 4.74 Å². The van der Waals surface area contributed by atoms with Crippen LogP contribution in [0.2, 0.25) is 0 Å². The largest absolute Gasteiger partial charge is 0.376 e. The molecule has 0 radical (unpaired) electrons. The molecule has 2 aliphatic rings. The maximum atomic E-state index is 12.9. The Morgan fingerprint density at radius 1 is 1.20 bits per heavy atom. The Hall–Kier alpha value is -2.16. The second-order valence-electron chi connectivity index (χ2n) is 7.65. The van der Waals surface area contributed by atoms with E-state index < -0.39 is 0 Å². The van der Waals surface area contributed by atoms with E-state index in [0.717, 1.165) is 54.8 Å². The molecule has 0 unspecified atom stereocenters. The van der Waals surface area contributed by atoms with E-state index >= 15 is 0 Å². The molecular formula is C22H24N4O2S2. The van der Waals surface area contributed by atoms with Gasteiger partial charge in [-0.15, -0.1) is 21.5 Å². The maximum Gasteiger partial charge on any atom is 0.233 e. The van der Waals surface area contributed by atoms with Crippen molar-refractivity contribution in [2.24, 2.45) is 0 Å². The van der Waals surface area contributed by atoms with Gasteiger partial charge in [-0.05, 0) is 41.8 Å². The van der Waals surface area contributed by atoms with E-state index in [1.54, 1.807) is 11.3 Å². The van der Waals surface area contributed by atoms with Crippen LogP contribution >= 0.6 is 23.1 Å². The molecule has 1 aromatic carbocycles. The van der Waals surface area contributed by atoms with E-state index in [0.29, 0.717) is 12.3 Å². The zero-order valence-corrected chi connectivity index (χ0v) is 18.3. The first kappa shape index (κ1) is 19.8. The van der Waals surface area contributed by atoms with Gasteiger partial charge in [0.1, 0.15) is 0 Å². The Kier molecular flexibility index (Phi) is 5.88. The van der Waals surface area contributed by atoms with Crippen molar-refractivity contribution in [1.29, 1.82) is 0 Å². The van der Waals surface area contributed by atoms with Crippen LogP contribution in [-0.4, -0.2) is 50.6 Å². The monoisotopic (exact) mass is 440 g/mol. The van der Waals surface area contributed by atoms with Crippen LogP contribution in [0.4, 0.5) is 0 Å². The standard InChI is InChI=1S/C22H24N4O2S2/c27-20(25-10-9-16-5-1-2-6-17(16)13-25)15-30-22-24-23-21(19-8-4-12-29-19)26(22)14-18-7-3-11-28-18/h1-2,4-6,8,12,18H,3,7,9-11,13-15H2/t18-/m0/s1. The summed E-state index contributed by atoms with van der Waals surface area (Å²) in [7, 11) is 0. The van der Waals surface area contributed by atoms with E-state index in [-0.39, 0.29) is 12.0 Å². The molecule has 1 fully saturated rings. The molecule has 0 saturated carbocycles. The number of thiophene rings is 1. The van der Waals surface area contributed by atoms with Gasteiger partial charge in [-0.3, -0.25) is 9.36 Å². The highest BCUT2D eigenvalue weighted by Gasteiger charge is 2.24. The van der Waals surface area contributed by atoms with Crippen molar-refractivity contribution in [3.05, 3.63) is 52.9 Å². The number of fused-ring (bicyclic) bond motifs is 1. The zero-order valence-electron chi connectivity index (χ0n) is 16.7. The van der Waals surface area contributed by atoms with Crippen molar-refractivity contribution in [3.63, 3.8) is 0 Å². The van der Waals surface area contributed by atoms with Crippen molar-refractivity contribution in [3.8, 4) is 10.7 Å². The summed E-state index contributed by atoms with van der Waals surface area (Å²) in [5.74, 6) is 1.39. The molecule has 156 valence electrons. The molecule has 1 saturated heterocycles. The van der Waals surface area contributed by atoms with Gasteiger partial charge < -0.3 is 9.64 Å². The minimum atomic E-state index is 0.152. The lowest BCUT2D eigenvalue weighted by Crippen LogP contribution is -2.37. The summed E-state index contributed by atoms with van der Waals surface area (Å²) in [4.78, 5) is 15.9. The molecular weight excluding hydrogens is 416 g/mol. The first-order valence-electron chi connectivity index (χ1n) is 10.3. The van der Waals surface area contributed by atoms with Crippen LogP contribution in [0.1, 0.15) is 24.0 Å². The maximum absolute atomic E-state index is 12.9. The summed E-state index contributed by atoms with van der Waals surface area (Å²) in [5.41, 5.74) is 2.61. The summed E-state index contributed by atoms with van der Waals surface area (Å²) in [6.07, 6.45) is 3.26. The van der Waals surface area contributed by atoms with Gasteiger partial charge in [0.05, 0.1) is 23.3 Å². The molecule has 5 rings (SSSR count). The number of ether oxygens (including phenoxy) is 1. The van der Waals surface area contributed by atoms with Crippen LogP contribution in [0.15, 0.2) is 46.9 Å². The number of aromatic nitrogens is 3. The third-order valence-corrected chi connectivity index (χ3v) is 7.49. The molecule has 0 spiro atoms. The topological polar surface area (TPSA) is 60.3 Å². The first-order valence-corrected chi connectivity index (χ1v) is 12.2. The number of hydrogen-bond donors (Lipinski definition) is 0. The molecule has 4 heterocycles. The van der Waals surface area contributed by atoms with Crippen LogP contribution < -0.4 is 0 Å². The number of carbonyl (C=O) groups is 1. The summed E-state index contributed by atoms with van der Waals surface area (Å²) in [5, 5.41) is 11.7. The molecule has 2 aliphatic heterocycles. The van der Waals surface area contributed by atoms with Gasteiger partial charge in [0.15, 0.2) is 11.0 Å². The Morgan fingerprint density at radius 3 is 2.90 bits per heavy atom.